The summed E-state index contributed by atoms with van der Waals surface area (Å²) in [7, 11) is 3.80. The minimum Gasteiger partial charge on any atom is -0.507 e. The van der Waals surface area contributed by atoms with Gasteiger partial charge in [-0.25, -0.2) is 0 Å². The molecule has 2 aromatic rings. The Bertz CT molecular complexity index is 1210. The fraction of sp³-hybridized carbons (Fsp3) is 0.448. The molecule has 1 amide bonds. The van der Waals surface area contributed by atoms with E-state index in [1.807, 2.05) is 32.0 Å². The molecule has 38 heavy (non-hydrogen) atoms. The molecule has 2 heterocycles. The van der Waals surface area contributed by atoms with Crippen LogP contribution in [0.25, 0.3) is 5.76 Å². The van der Waals surface area contributed by atoms with E-state index in [0.29, 0.717) is 73.6 Å². The van der Waals surface area contributed by atoms with Crippen LogP contribution in [-0.2, 0) is 9.59 Å². The first kappa shape index (κ1) is 27.3. The lowest BCUT2D eigenvalue weighted by Gasteiger charge is -2.27. The van der Waals surface area contributed by atoms with Crippen LogP contribution in [0.5, 0.6) is 23.0 Å². The molecule has 0 spiro atoms. The largest absolute Gasteiger partial charge is 0.507 e. The van der Waals surface area contributed by atoms with E-state index in [0.717, 1.165) is 12.8 Å². The molecule has 0 saturated carbocycles. The highest BCUT2D eigenvalue weighted by Crippen LogP contribution is 2.43. The Hall–Kier alpha value is -3.72. The van der Waals surface area contributed by atoms with E-state index in [2.05, 4.69) is 6.92 Å². The molecule has 2 aliphatic rings. The zero-order valence-corrected chi connectivity index (χ0v) is 22.5. The van der Waals surface area contributed by atoms with Crippen LogP contribution < -0.4 is 18.9 Å². The zero-order chi connectivity index (χ0) is 27.2. The molecule has 204 valence electrons. The smallest absolute Gasteiger partial charge is 0.295 e. The molecule has 1 atom stereocenters. The number of carbonyl (C=O) groups excluding carboxylic acids is 2. The van der Waals surface area contributed by atoms with Gasteiger partial charge in [-0.1, -0.05) is 19.4 Å². The van der Waals surface area contributed by atoms with Gasteiger partial charge < -0.3 is 33.9 Å². The van der Waals surface area contributed by atoms with Gasteiger partial charge in [0.05, 0.1) is 24.8 Å². The SMILES string of the molecule is CCCCOc1ccc([C@@H]2/C(=C(\O)c3ccc4c(c3)OCCO4)C(=O)C(=O)N2CCN(C)C)cc1OCC. The van der Waals surface area contributed by atoms with Crippen LogP contribution in [0.3, 0.4) is 0 Å². The van der Waals surface area contributed by atoms with E-state index < -0.39 is 17.7 Å². The number of unbranched alkanes of at least 4 members (excludes halogenated alkanes) is 1. The number of benzene rings is 2. The number of aliphatic hydroxyl groups excluding tert-OH is 1. The number of likely N-dealkylation sites (tertiary alicyclic amines) is 1. The maximum absolute atomic E-state index is 13.4. The molecule has 0 bridgehead atoms. The Kier molecular flexibility index (Phi) is 8.78. The van der Waals surface area contributed by atoms with Crippen LogP contribution in [0.2, 0.25) is 0 Å². The highest BCUT2D eigenvalue weighted by molar-refractivity contribution is 6.46. The Morgan fingerprint density at radius 1 is 1.03 bits per heavy atom. The number of carbonyl (C=O) groups is 2. The Balaban J connectivity index is 1.80. The lowest BCUT2D eigenvalue weighted by molar-refractivity contribution is -0.140. The van der Waals surface area contributed by atoms with E-state index in [1.165, 1.54) is 4.90 Å². The molecule has 0 aliphatic carbocycles. The van der Waals surface area contributed by atoms with E-state index in [4.69, 9.17) is 18.9 Å². The number of aliphatic hydroxyl groups is 1. The second-order valence-corrected chi connectivity index (χ2v) is 9.50. The Morgan fingerprint density at radius 2 is 1.79 bits per heavy atom. The lowest BCUT2D eigenvalue weighted by Crippen LogP contribution is -2.35. The summed E-state index contributed by atoms with van der Waals surface area (Å²) in [4.78, 5) is 30.1. The summed E-state index contributed by atoms with van der Waals surface area (Å²) in [5, 5.41) is 11.4. The number of amides is 1. The second kappa shape index (κ2) is 12.2. The molecule has 9 heteroatoms. The van der Waals surface area contributed by atoms with Crippen molar-refractivity contribution in [3.8, 4) is 23.0 Å². The Morgan fingerprint density at radius 3 is 2.50 bits per heavy atom. The molecular formula is C29H36N2O7. The normalized spacial score (nSPS) is 18.2. The van der Waals surface area contributed by atoms with Crippen molar-refractivity contribution in [3.05, 3.63) is 53.1 Å². The van der Waals surface area contributed by atoms with Gasteiger partial charge in [-0.05, 0) is 63.3 Å². The molecule has 0 radical (unpaired) electrons. The van der Waals surface area contributed by atoms with E-state index in [-0.39, 0.29) is 11.3 Å². The van der Waals surface area contributed by atoms with E-state index in [1.54, 1.807) is 30.3 Å². The number of nitrogens with zero attached hydrogens (tertiary/aromatic N) is 2. The summed E-state index contributed by atoms with van der Waals surface area (Å²) in [6.45, 7) is 6.63. The van der Waals surface area contributed by atoms with Gasteiger partial charge in [-0.3, -0.25) is 9.59 Å². The van der Waals surface area contributed by atoms with Gasteiger partial charge in [0.15, 0.2) is 23.0 Å². The van der Waals surface area contributed by atoms with Crippen molar-refractivity contribution in [3.63, 3.8) is 0 Å². The number of hydrogen-bond donors (Lipinski definition) is 1. The topological polar surface area (TPSA) is 97.8 Å². The summed E-state index contributed by atoms with van der Waals surface area (Å²) in [5.41, 5.74) is 1.04. The highest BCUT2D eigenvalue weighted by atomic mass is 16.6. The van der Waals surface area contributed by atoms with Crippen LogP contribution in [0, 0.1) is 0 Å². The van der Waals surface area contributed by atoms with Crippen molar-refractivity contribution >= 4 is 17.4 Å². The maximum Gasteiger partial charge on any atom is 0.295 e. The molecular weight excluding hydrogens is 488 g/mol. The lowest BCUT2D eigenvalue weighted by atomic mass is 9.94. The highest BCUT2D eigenvalue weighted by Gasteiger charge is 2.46. The number of ether oxygens (including phenoxy) is 4. The molecule has 0 aromatic heterocycles. The van der Waals surface area contributed by atoms with Crippen LogP contribution in [0.4, 0.5) is 0 Å². The quantitative estimate of drug-likeness (QED) is 0.204. The third-order valence-electron chi connectivity index (χ3n) is 6.48. The van der Waals surface area contributed by atoms with Crippen molar-refractivity contribution in [2.45, 2.75) is 32.7 Å². The third kappa shape index (κ3) is 5.72. The summed E-state index contributed by atoms with van der Waals surface area (Å²) in [5.74, 6) is 0.514. The predicted molar refractivity (Wildman–Crippen MR) is 143 cm³/mol. The van der Waals surface area contributed by atoms with Crippen LogP contribution in [0.1, 0.15) is 43.9 Å². The van der Waals surface area contributed by atoms with Crippen molar-refractivity contribution in [2.75, 3.05) is 53.6 Å². The van der Waals surface area contributed by atoms with Crippen molar-refractivity contribution in [1.82, 2.24) is 9.80 Å². The standard InChI is InChI=1S/C29H36N2O7/c1-5-7-14-36-21-10-8-19(17-23(21)35-6-2)26-25(28(33)29(34)31(26)13-12-30(3)4)27(32)20-9-11-22-24(18-20)38-16-15-37-22/h8-11,17-18,26,32H,5-7,12-16H2,1-4H3/b27-25+/t26-/m1/s1. The van der Waals surface area contributed by atoms with Gasteiger partial charge in [-0.2, -0.15) is 0 Å². The number of hydrogen-bond acceptors (Lipinski definition) is 8. The average Bonchev–Trinajstić information content (AvgIpc) is 3.17. The molecule has 1 saturated heterocycles. The average molecular weight is 525 g/mol. The molecule has 4 rings (SSSR count). The van der Waals surface area contributed by atoms with Crippen molar-refractivity contribution < 1.29 is 33.6 Å². The second-order valence-electron chi connectivity index (χ2n) is 9.50. The van der Waals surface area contributed by atoms with Gasteiger partial charge in [0.2, 0.25) is 0 Å². The van der Waals surface area contributed by atoms with Gasteiger partial charge in [0, 0.05) is 18.7 Å². The maximum atomic E-state index is 13.4. The van der Waals surface area contributed by atoms with Crippen LogP contribution in [0.15, 0.2) is 42.0 Å². The molecule has 9 nitrogen and oxygen atoms in total. The summed E-state index contributed by atoms with van der Waals surface area (Å²) in [6, 6.07) is 9.59. The van der Waals surface area contributed by atoms with Gasteiger partial charge in [0.25, 0.3) is 11.7 Å². The monoisotopic (exact) mass is 524 g/mol. The van der Waals surface area contributed by atoms with Gasteiger partial charge >= 0.3 is 0 Å². The molecule has 2 aromatic carbocycles. The molecule has 2 aliphatic heterocycles. The number of ketones is 1. The minimum absolute atomic E-state index is 0.0209. The minimum atomic E-state index is -0.799. The summed E-state index contributed by atoms with van der Waals surface area (Å²) < 4.78 is 23.0. The fourth-order valence-electron chi connectivity index (χ4n) is 4.52. The number of fused-ring (bicyclic) bond motifs is 1. The first-order valence-electron chi connectivity index (χ1n) is 13.1. The Labute approximate surface area is 223 Å². The van der Waals surface area contributed by atoms with Gasteiger partial charge in [-0.15, -0.1) is 0 Å². The predicted octanol–water partition coefficient (Wildman–Crippen LogP) is 4.02. The van der Waals surface area contributed by atoms with Crippen LogP contribution >= 0.6 is 0 Å². The molecule has 1 fully saturated rings. The first-order valence-corrected chi connectivity index (χ1v) is 13.1. The zero-order valence-electron chi connectivity index (χ0n) is 22.5. The summed E-state index contributed by atoms with van der Waals surface area (Å²) >= 11 is 0. The van der Waals surface area contributed by atoms with Crippen LogP contribution in [-0.4, -0.2) is 80.2 Å². The van der Waals surface area contributed by atoms with Gasteiger partial charge in [0.1, 0.15) is 19.0 Å². The number of rotatable bonds is 11. The fourth-order valence-corrected chi connectivity index (χ4v) is 4.52. The third-order valence-corrected chi connectivity index (χ3v) is 6.48. The molecule has 0 unspecified atom stereocenters. The summed E-state index contributed by atoms with van der Waals surface area (Å²) in [6.07, 6.45) is 1.91. The van der Waals surface area contributed by atoms with E-state index in [9.17, 15) is 14.7 Å². The molecule has 1 N–H and O–H groups in total. The number of likely N-dealkylation sites (N-methyl/N-ethyl adjacent to an activating group) is 1. The number of Topliss-reactive ketones (excluding diaryl/α,β-unsaturated/α-hetero) is 1. The first-order chi connectivity index (χ1) is 18.3. The van der Waals surface area contributed by atoms with Crippen molar-refractivity contribution in [1.29, 1.82) is 0 Å². The van der Waals surface area contributed by atoms with Crippen molar-refractivity contribution in [2.24, 2.45) is 0 Å². The van der Waals surface area contributed by atoms with E-state index >= 15 is 0 Å².